The Bertz CT molecular complexity index is 1400. The highest BCUT2D eigenvalue weighted by Crippen LogP contribution is 2.33. The minimum atomic E-state index is -3.67. The molecule has 200 valence electrons. The summed E-state index contributed by atoms with van der Waals surface area (Å²) in [6, 6.07) is 4.59. The Labute approximate surface area is 214 Å². The van der Waals surface area contributed by atoms with E-state index in [0.717, 1.165) is 4.31 Å². The average molecular weight is 535 g/mol. The minimum Gasteiger partial charge on any atom is -0.466 e. The Kier molecular flexibility index (Phi) is 8.08. The summed E-state index contributed by atoms with van der Waals surface area (Å²) >= 11 is 0. The van der Waals surface area contributed by atoms with E-state index in [-0.39, 0.29) is 22.6 Å². The number of rotatable bonds is 8. The number of fused-ring (bicyclic) bond motifs is 1. The molecule has 2 aromatic rings. The van der Waals surface area contributed by atoms with Crippen LogP contribution in [-0.4, -0.2) is 68.5 Å². The van der Waals surface area contributed by atoms with Crippen LogP contribution >= 0.6 is 0 Å². The Hall–Kier alpha value is -3.71. The van der Waals surface area contributed by atoms with Gasteiger partial charge in [-0.25, -0.2) is 27.3 Å². The molecular weight excluding hydrogens is 504 g/mol. The Morgan fingerprint density at radius 1 is 1.05 bits per heavy atom. The number of dihydropyridines is 1. The van der Waals surface area contributed by atoms with E-state index in [1.165, 1.54) is 40.4 Å². The third-order valence-corrected chi connectivity index (χ3v) is 7.85. The summed E-state index contributed by atoms with van der Waals surface area (Å²) in [5.41, 5.74) is 1.62. The zero-order valence-electron chi connectivity index (χ0n) is 21.7. The molecule has 0 saturated carbocycles. The van der Waals surface area contributed by atoms with Gasteiger partial charge >= 0.3 is 17.9 Å². The van der Waals surface area contributed by atoms with Crippen molar-refractivity contribution >= 4 is 39.0 Å². The van der Waals surface area contributed by atoms with Gasteiger partial charge < -0.3 is 24.1 Å². The minimum absolute atomic E-state index is 0.0685. The van der Waals surface area contributed by atoms with Gasteiger partial charge in [-0.2, -0.15) is 0 Å². The molecule has 0 saturated heterocycles. The predicted molar refractivity (Wildman–Crippen MR) is 132 cm³/mol. The van der Waals surface area contributed by atoms with E-state index in [4.69, 9.17) is 14.2 Å². The lowest BCUT2D eigenvalue weighted by atomic mass is 9.85. The summed E-state index contributed by atoms with van der Waals surface area (Å²) in [5, 5.41) is 2.91. The molecular formula is C24H30N4O8S. The van der Waals surface area contributed by atoms with Gasteiger partial charge in [0.05, 0.1) is 41.3 Å². The molecule has 1 aromatic heterocycles. The van der Waals surface area contributed by atoms with Gasteiger partial charge in [-0.3, -0.25) is 4.79 Å². The van der Waals surface area contributed by atoms with Crippen molar-refractivity contribution in [2.24, 2.45) is 5.92 Å². The number of imidazole rings is 1. The predicted octanol–water partition coefficient (Wildman–Crippen LogP) is 1.46. The van der Waals surface area contributed by atoms with E-state index in [2.05, 4.69) is 10.3 Å². The van der Waals surface area contributed by atoms with E-state index in [9.17, 15) is 22.8 Å². The molecule has 0 aliphatic carbocycles. The van der Waals surface area contributed by atoms with Crippen molar-refractivity contribution in [3.63, 3.8) is 0 Å². The van der Waals surface area contributed by atoms with Gasteiger partial charge in [-0.15, -0.1) is 0 Å². The topological polar surface area (TPSA) is 146 Å². The van der Waals surface area contributed by atoms with Crippen molar-refractivity contribution in [1.29, 1.82) is 0 Å². The van der Waals surface area contributed by atoms with E-state index < -0.39 is 33.8 Å². The highest BCUT2D eigenvalue weighted by Gasteiger charge is 2.42. The number of carbonyl (C=O) groups is 3. The van der Waals surface area contributed by atoms with Crippen LogP contribution < -0.4 is 5.32 Å². The van der Waals surface area contributed by atoms with Crippen LogP contribution in [0.5, 0.6) is 0 Å². The molecule has 0 radical (unpaired) electrons. The Morgan fingerprint density at radius 2 is 1.62 bits per heavy atom. The van der Waals surface area contributed by atoms with Crippen molar-refractivity contribution in [3.8, 4) is 0 Å². The number of aryl methyl sites for hydroxylation is 1. The highest BCUT2D eigenvalue weighted by molar-refractivity contribution is 7.89. The molecule has 0 unspecified atom stereocenters. The molecule has 0 atom stereocenters. The lowest BCUT2D eigenvalue weighted by molar-refractivity contribution is -0.152. The smallest absolute Gasteiger partial charge is 0.336 e. The van der Waals surface area contributed by atoms with Gasteiger partial charge in [-0.1, -0.05) is 0 Å². The summed E-state index contributed by atoms with van der Waals surface area (Å²) < 4.78 is 43.2. The number of benzene rings is 1. The van der Waals surface area contributed by atoms with Gasteiger partial charge in [0.2, 0.25) is 10.0 Å². The third kappa shape index (κ3) is 5.09. The quantitative estimate of drug-likeness (QED) is 0.390. The maximum absolute atomic E-state index is 13.3. The van der Waals surface area contributed by atoms with Crippen molar-refractivity contribution in [1.82, 2.24) is 19.2 Å². The second-order valence-corrected chi connectivity index (χ2v) is 10.6. The summed E-state index contributed by atoms with van der Waals surface area (Å²) in [6.45, 7) is 5.21. The molecule has 1 N–H and O–H groups in total. The number of nitrogens with zero attached hydrogens (tertiary/aromatic N) is 3. The first-order valence-electron chi connectivity index (χ1n) is 11.3. The SMILES string of the molecule is CCn1c(COC(=O)C2C(C(=O)OC)=C(C)NC(C)=C2C(=O)OC)nc2cc(S(=O)(=O)N(C)C)ccc21. The van der Waals surface area contributed by atoms with Crippen LogP contribution in [0, 0.1) is 5.92 Å². The fourth-order valence-electron chi connectivity index (χ4n) is 4.20. The second-order valence-electron chi connectivity index (χ2n) is 8.44. The molecule has 0 spiro atoms. The van der Waals surface area contributed by atoms with E-state index >= 15 is 0 Å². The average Bonchev–Trinajstić information content (AvgIpc) is 3.22. The molecule has 0 amide bonds. The summed E-state index contributed by atoms with van der Waals surface area (Å²) in [4.78, 5) is 43.0. The van der Waals surface area contributed by atoms with E-state index in [1.54, 1.807) is 24.5 Å². The number of ether oxygens (including phenoxy) is 3. The molecule has 1 aliphatic heterocycles. The molecule has 0 fully saturated rings. The van der Waals surface area contributed by atoms with Crippen LogP contribution in [0.3, 0.4) is 0 Å². The largest absolute Gasteiger partial charge is 0.466 e. The molecule has 37 heavy (non-hydrogen) atoms. The van der Waals surface area contributed by atoms with Crippen LogP contribution in [0.25, 0.3) is 11.0 Å². The van der Waals surface area contributed by atoms with Gasteiger partial charge in [0.25, 0.3) is 0 Å². The maximum Gasteiger partial charge on any atom is 0.336 e. The number of aromatic nitrogens is 2. The normalized spacial score (nSPS) is 14.7. The summed E-state index contributed by atoms with van der Waals surface area (Å²) in [7, 11) is 1.55. The lowest BCUT2D eigenvalue weighted by Gasteiger charge is -2.28. The fourth-order valence-corrected chi connectivity index (χ4v) is 5.13. The first-order valence-corrected chi connectivity index (χ1v) is 12.8. The van der Waals surface area contributed by atoms with Crippen molar-refractivity contribution in [3.05, 3.63) is 46.6 Å². The molecule has 0 bridgehead atoms. The molecule has 13 heteroatoms. The number of nitrogens with one attached hydrogen (secondary N) is 1. The summed E-state index contributed by atoms with van der Waals surface area (Å²) in [5.74, 6) is -3.48. The van der Waals surface area contributed by atoms with Crippen LogP contribution in [0.2, 0.25) is 0 Å². The van der Waals surface area contributed by atoms with Gasteiger partial charge in [0.1, 0.15) is 18.3 Å². The number of allylic oxidation sites excluding steroid dienone is 2. The first kappa shape index (κ1) is 27.9. The monoisotopic (exact) mass is 534 g/mol. The molecule has 2 heterocycles. The van der Waals surface area contributed by atoms with E-state index in [0.29, 0.717) is 34.8 Å². The second kappa shape index (κ2) is 10.7. The third-order valence-electron chi connectivity index (χ3n) is 6.04. The van der Waals surface area contributed by atoms with Gasteiger partial charge in [0.15, 0.2) is 0 Å². The molecule has 3 rings (SSSR count). The zero-order valence-corrected chi connectivity index (χ0v) is 22.6. The number of esters is 3. The number of sulfonamides is 1. The standard InChI is InChI=1S/C24H30N4O8S/c1-8-28-17-10-9-15(37(32,33)27(4)5)11-16(17)26-18(28)12-36-24(31)21-19(22(29)34-6)13(2)25-14(3)20(21)23(30)35-7/h9-11,21,25H,8,12H2,1-7H3. The molecule has 1 aliphatic rings. The fraction of sp³-hybridized carbons (Fsp3) is 0.417. The summed E-state index contributed by atoms with van der Waals surface area (Å²) in [6.07, 6.45) is 0. The van der Waals surface area contributed by atoms with Gasteiger partial charge in [-0.05, 0) is 39.0 Å². The van der Waals surface area contributed by atoms with Crippen LogP contribution in [0.1, 0.15) is 26.6 Å². The maximum atomic E-state index is 13.3. The van der Waals surface area contributed by atoms with Crippen LogP contribution in [0.15, 0.2) is 45.6 Å². The Balaban J connectivity index is 1.99. The first-order chi connectivity index (χ1) is 17.4. The lowest BCUT2D eigenvalue weighted by Crippen LogP contribution is -2.38. The van der Waals surface area contributed by atoms with Crippen molar-refractivity contribution in [2.75, 3.05) is 28.3 Å². The number of hydrogen-bond acceptors (Lipinski definition) is 10. The number of methoxy groups -OCH3 is 2. The van der Waals surface area contributed by atoms with Crippen LogP contribution in [-0.2, 0) is 51.8 Å². The molecule has 12 nitrogen and oxygen atoms in total. The van der Waals surface area contributed by atoms with Gasteiger partial charge in [0, 0.05) is 32.0 Å². The number of hydrogen-bond donors (Lipinski definition) is 1. The Morgan fingerprint density at radius 3 is 2.11 bits per heavy atom. The highest BCUT2D eigenvalue weighted by atomic mass is 32.2. The van der Waals surface area contributed by atoms with Crippen molar-refractivity contribution < 1.29 is 37.0 Å². The van der Waals surface area contributed by atoms with Crippen molar-refractivity contribution in [2.45, 2.75) is 38.8 Å². The van der Waals surface area contributed by atoms with Crippen LogP contribution in [0.4, 0.5) is 0 Å². The zero-order chi connectivity index (χ0) is 27.7. The van der Waals surface area contributed by atoms with E-state index in [1.807, 2.05) is 6.92 Å². The number of carbonyl (C=O) groups excluding carboxylic acids is 3. The molecule has 1 aromatic carbocycles.